The molecule has 86 valence electrons. The molecule has 0 bridgehead atoms. The second-order valence-electron chi connectivity index (χ2n) is 4.34. The Balaban J connectivity index is 2.25. The minimum Gasteiger partial charge on any atom is -0.496 e. The second kappa shape index (κ2) is 4.71. The molecule has 16 heavy (non-hydrogen) atoms. The number of hydrogen-bond acceptors (Lipinski definition) is 2. The summed E-state index contributed by atoms with van der Waals surface area (Å²) in [4.78, 5) is 0. The Morgan fingerprint density at radius 1 is 1.31 bits per heavy atom. The van der Waals surface area contributed by atoms with Gasteiger partial charge in [-0.15, -0.1) is 0 Å². The lowest BCUT2D eigenvalue weighted by molar-refractivity contribution is -0.0234. The van der Waals surface area contributed by atoms with Crippen LogP contribution in [0.1, 0.15) is 31.4 Å². The molecule has 1 aromatic carbocycles. The first-order chi connectivity index (χ1) is 7.70. The summed E-state index contributed by atoms with van der Waals surface area (Å²) in [6, 6.07) is 8.03. The average molecular weight is 218 g/mol. The summed E-state index contributed by atoms with van der Waals surface area (Å²) in [5.74, 6) is 0.898. The first-order valence-electron chi connectivity index (χ1n) is 5.65. The molecule has 1 fully saturated rings. The van der Waals surface area contributed by atoms with Crippen LogP contribution < -0.4 is 4.74 Å². The average Bonchev–Trinajstić information content (AvgIpc) is 2.27. The zero-order chi connectivity index (χ0) is 11.5. The van der Waals surface area contributed by atoms with Crippen LogP contribution >= 0.6 is 0 Å². The van der Waals surface area contributed by atoms with E-state index in [1.54, 1.807) is 7.11 Å². The largest absolute Gasteiger partial charge is 0.496 e. The molecule has 2 heteroatoms. The maximum Gasteiger partial charge on any atom is 0.124 e. The predicted molar refractivity (Wildman–Crippen MR) is 64.7 cm³/mol. The molecule has 0 unspecified atom stereocenters. The summed E-state index contributed by atoms with van der Waals surface area (Å²) in [6.45, 7) is 6.17. The third-order valence-corrected chi connectivity index (χ3v) is 2.93. The van der Waals surface area contributed by atoms with Gasteiger partial charge in [-0.25, -0.2) is 0 Å². The summed E-state index contributed by atoms with van der Waals surface area (Å²) >= 11 is 0. The van der Waals surface area contributed by atoms with Crippen molar-refractivity contribution >= 4 is 0 Å². The van der Waals surface area contributed by atoms with Gasteiger partial charge >= 0.3 is 0 Å². The highest BCUT2D eigenvalue weighted by Crippen LogP contribution is 2.37. The monoisotopic (exact) mass is 218 g/mol. The number of para-hydroxylation sites is 1. The van der Waals surface area contributed by atoms with Gasteiger partial charge in [-0.2, -0.15) is 0 Å². The van der Waals surface area contributed by atoms with E-state index in [1.807, 2.05) is 18.2 Å². The van der Waals surface area contributed by atoms with E-state index in [2.05, 4.69) is 19.6 Å². The zero-order valence-corrected chi connectivity index (χ0v) is 9.90. The predicted octanol–water partition coefficient (Wildman–Crippen LogP) is 3.49. The summed E-state index contributed by atoms with van der Waals surface area (Å²) in [6.07, 6.45) is 2.19. The SMILES string of the molecule is C=C1C[C@H](C)O[C@@H](c2ccccc2OC)C1. The van der Waals surface area contributed by atoms with Gasteiger partial charge < -0.3 is 9.47 Å². The summed E-state index contributed by atoms with van der Waals surface area (Å²) < 4.78 is 11.3. The van der Waals surface area contributed by atoms with Gasteiger partial charge in [0.05, 0.1) is 19.3 Å². The number of benzene rings is 1. The molecule has 1 aliphatic heterocycles. The van der Waals surface area contributed by atoms with Crippen LogP contribution in [0.25, 0.3) is 0 Å². The topological polar surface area (TPSA) is 18.5 Å². The Kier molecular flexibility index (Phi) is 3.30. The lowest BCUT2D eigenvalue weighted by Crippen LogP contribution is -2.21. The Morgan fingerprint density at radius 2 is 2.06 bits per heavy atom. The molecule has 1 aliphatic rings. The van der Waals surface area contributed by atoms with Gasteiger partial charge in [-0.3, -0.25) is 0 Å². The molecular formula is C14H18O2. The van der Waals surface area contributed by atoms with E-state index in [0.29, 0.717) is 0 Å². The molecule has 0 saturated carbocycles. The highest BCUT2D eigenvalue weighted by molar-refractivity contribution is 5.36. The van der Waals surface area contributed by atoms with E-state index < -0.39 is 0 Å². The molecule has 1 heterocycles. The van der Waals surface area contributed by atoms with Gasteiger partial charge in [0.25, 0.3) is 0 Å². The molecule has 0 amide bonds. The van der Waals surface area contributed by atoms with Crippen molar-refractivity contribution in [1.82, 2.24) is 0 Å². The number of methoxy groups -OCH3 is 1. The molecule has 2 rings (SSSR count). The molecule has 2 atom stereocenters. The fourth-order valence-electron chi connectivity index (χ4n) is 2.24. The third kappa shape index (κ3) is 2.27. The molecule has 0 aliphatic carbocycles. The Morgan fingerprint density at radius 3 is 2.75 bits per heavy atom. The quantitative estimate of drug-likeness (QED) is 0.707. The van der Waals surface area contributed by atoms with Crippen molar-refractivity contribution in [1.29, 1.82) is 0 Å². The first kappa shape index (κ1) is 11.2. The Hall–Kier alpha value is -1.28. The van der Waals surface area contributed by atoms with Gasteiger partial charge in [0, 0.05) is 5.56 Å². The van der Waals surface area contributed by atoms with Crippen molar-refractivity contribution in [2.45, 2.75) is 32.0 Å². The van der Waals surface area contributed by atoms with Gasteiger partial charge in [-0.05, 0) is 25.8 Å². The van der Waals surface area contributed by atoms with Crippen LogP contribution in [0.15, 0.2) is 36.4 Å². The highest BCUT2D eigenvalue weighted by atomic mass is 16.5. The lowest BCUT2D eigenvalue weighted by Gasteiger charge is -2.30. The normalized spacial score (nSPS) is 25.5. The minimum atomic E-state index is 0.0902. The third-order valence-electron chi connectivity index (χ3n) is 2.93. The number of rotatable bonds is 2. The van der Waals surface area contributed by atoms with E-state index in [0.717, 1.165) is 24.2 Å². The summed E-state index contributed by atoms with van der Waals surface area (Å²) in [7, 11) is 1.69. The van der Waals surface area contributed by atoms with Gasteiger partial charge in [0.1, 0.15) is 5.75 Å². The van der Waals surface area contributed by atoms with Crippen LogP contribution in [-0.4, -0.2) is 13.2 Å². The van der Waals surface area contributed by atoms with Crippen molar-refractivity contribution in [3.8, 4) is 5.75 Å². The molecule has 2 nitrogen and oxygen atoms in total. The van der Waals surface area contributed by atoms with Crippen LogP contribution in [0, 0.1) is 0 Å². The second-order valence-corrected chi connectivity index (χ2v) is 4.34. The van der Waals surface area contributed by atoms with Crippen molar-refractivity contribution in [3.63, 3.8) is 0 Å². The van der Waals surface area contributed by atoms with Gasteiger partial charge in [0.15, 0.2) is 0 Å². The van der Waals surface area contributed by atoms with Gasteiger partial charge in [0.2, 0.25) is 0 Å². The van der Waals surface area contributed by atoms with E-state index in [9.17, 15) is 0 Å². The maximum absolute atomic E-state index is 5.94. The zero-order valence-electron chi connectivity index (χ0n) is 9.90. The van der Waals surface area contributed by atoms with Crippen LogP contribution in [0.2, 0.25) is 0 Å². The Bertz CT molecular complexity index is 384. The molecule has 0 radical (unpaired) electrons. The first-order valence-corrected chi connectivity index (χ1v) is 5.65. The van der Waals surface area contributed by atoms with Crippen molar-refractivity contribution in [2.24, 2.45) is 0 Å². The molecular weight excluding hydrogens is 200 g/mol. The van der Waals surface area contributed by atoms with Crippen molar-refractivity contribution in [3.05, 3.63) is 42.0 Å². The standard InChI is InChI=1S/C14H18O2/c1-10-8-11(2)16-14(9-10)12-6-4-5-7-13(12)15-3/h4-7,11,14H,1,8-9H2,2-3H3/t11-,14+/m0/s1. The van der Waals surface area contributed by atoms with E-state index in [-0.39, 0.29) is 12.2 Å². The Labute approximate surface area is 96.9 Å². The fourth-order valence-corrected chi connectivity index (χ4v) is 2.24. The molecule has 1 aromatic rings. The maximum atomic E-state index is 5.94. The van der Waals surface area contributed by atoms with Crippen LogP contribution in [0.4, 0.5) is 0 Å². The smallest absolute Gasteiger partial charge is 0.124 e. The van der Waals surface area contributed by atoms with Crippen molar-refractivity contribution in [2.75, 3.05) is 7.11 Å². The number of ether oxygens (including phenoxy) is 2. The van der Waals surface area contributed by atoms with Crippen molar-refractivity contribution < 1.29 is 9.47 Å². The van der Waals surface area contributed by atoms with Crippen LogP contribution in [0.3, 0.4) is 0 Å². The van der Waals surface area contributed by atoms with E-state index >= 15 is 0 Å². The summed E-state index contributed by atoms with van der Waals surface area (Å²) in [5, 5.41) is 0. The van der Waals surface area contributed by atoms with E-state index in [4.69, 9.17) is 9.47 Å². The summed E-state index contributed by atoms with van der Waals surface area (Å²) in [5.41, 5.74) is 2.38. The molecule has 1 saturated heterocycles. The van der Waals surface area contributed by atoms with Gasteiger partial charge in [-0.1, -0.05) is 30.4 Å². The van der Waals surface area contributed by atoms with Crippen LogP contribution in [0.5, 0.6) is 5.75 Å². The fraction of sp³-hybridized carbons (Fsp3) is 0.429. The molecule has 0 N–H and O–H groups in total. The minimum absolute atomic E-state index is 0.0902. The number of hydrogen-bond donors (Lipinski definition) is 0. The lowest BCUT2D eigenvalue weighted by atomic mass is 9.95. The van der Waals surface area contributed by atoms with E-state index in [1.165, 1.54) is 5.57 Å². The molecule has 0 spiro atoms. The van der Waals surface area contributed by atoms with Crippen LogP contribution in [-0.2, 0) is 4.74 Å². The molecule has 0 aromatic heterocycles. The highest BCUT2D eigenvalue weighted by Gasteiger charge is 2.25.